The van der Waals surface area contributed by atoms with Crippen molar-refractivity contribution in [1.82, 2.24) is 5.43 Å². The van der Waals surface area contributed by atoms with Crippen LogP contribution in [0.3, 0.4) is 0 Å². The van der Waals surface area contributed by atoms with Crippen molar-refractivity contribution in [3.05, 3.63) is 28.8 Å². The van der Waals surface area contributed by atoms with Gasteiger partial charge in [-0.1, -0.05) is 11.6 Å². The van der Waals surface area contributed by atoms with Crippen LogP contribution < -0.4 is 10.9 Å². The predicted molar refractivity (Wildman–Crippen MR) is 91.1 cm³/mol. The molecule has 0 aromatic heterocycles. The molecule has 1 heterocycles. The zero-order valence-electron chi connectivity index (χ0n) is 14.0. The number of ether oxygens (including phenoxy) is 2. The number of rotatable bonds is 5. The summed E-state index contributed by atoms with van der Waals surface area (Å²) in [4.78, 5) is 16.1. The van der Waals surface area contributed by atoms with Crippen molar-refractivity contribution in [2.45, 2.75) is 32.0 Å². The van der Waals surface area contributed by atoms with Gasteiger partial charge in [-0.3, -0.25) is 15.8 Å². The molecule has 0 amide bonds. The topological polar surface area (TPSA) is 72.0 Å². The first-order chi connectivity index (χ1) is 12.3. The number of carbonyl (C=O) groups excluding carboxylic acids is 1. The summed E-state index contributed by atoms with van der Waals surface area (Å²) in [5, 5.41) is 0.0489. The number of anilines is 1. The van der Waals surface area contributed by atoms with Gasteiger partial charge in [0.2, 0.25) is 5.84 Å². The Hall–Kier alpha value is -2.00. The van der Waals surface area contributed by atoms with Crippen molar-refractivity contribution in [2.75, 3.05) is 25.2 Å². The van der Waals surface area contributed by atoms with Crippen LogP contribution in [-0.2, 0) is 20.4 Å². The first kappa shape index (κ1) is 20.3. The maximum absolute atomic E-state index is 12.8. The van der Waals surface area contributed by atoms with Gasteiger partial charge in [0.25, 0.3) is 0 Å². The number of esters is 1. The Labute approximate surface area is 153 Å². The summed E-state index contributed by atoms with van der Waals surface area (Å²) in [5.41, 5.74) is 4.05. The standard InChI is InChI=1S/C16H19ClF3N3O3/c1-2-25-15(24)14(21-9-11-4-3-7-26-11)23-22-13-8-10(16(18,19)20)5-6-12(13)17/h5-6,8,11,22H,2-4,7,9H2,1H3,(H,21,23)/t11-/m1/s1. The molecule has 1 aromatic rings. The van der Waals surface area contributed by atoms with E-state index in [1.54, 1.807) is 6.92 Å². The van der Waals surface area contributed by atoms with Gasteiger partial charge in [-0.2, -0.15) is 13.2 Å². The van der Waals surface area contributed by atoms with Crippen LogP contribution in [0.1, 0.15) is 25.3 Å². The van der Waals surface area contributed by atoms with Crippen molar-refractivity contribution in [1.29, 1.82) is 0 Å². The highest BCUT2D eigenvalue weighted by Crippen LogP contribution is 2.33. The minimum absolute atomic E-state index is 0.0457. The number of hydrazine groups is 1. The van der Waals surface area contributed by atoms with Gasteiger partial charge < -0.3 is 9.47 Å². The van der Waals surface area contributed by atoms with E-state index in [1.807, 2.05) is 0 Å². The van der Waals surface area contributed by atoms with Gasteiger partial charge in [0.15, 0.2) is 0 Å². The van der Waals surface area contributed by atoms with Crippen LogP contribution in [-0.4, -0.2) is 37.7 Å². The van der Waals surface area contributed by atoms with Crippen LogP contribution in [0.2, 0.25) is 5.02 Å². The van der Waals surface area contributed by atoms with Crippen LogP contribution in [0.25, 0.3) is 0 Å². The Kier molecular flexibility index (Phi) is 7.10. The molecule has 1 fully saturated rings. The van der Waals surface area contributed by atoms with Crippen LogP contribution in [0, 0.1) is 0 Å². The molecule has 26 heavy (non-hydrogen) atoms. The van der Waals surface area contributed by atoms with E-state index in [0.29, 0.717) is 6.61 Å². The molecule has 1 aliphatic rings. The number of aliphatic imine (C=N–C) groups is 1. The molecule has 0 bridgehead atoms. The lowest BCUT2D eigenvalue weighted by atomic mass is 10.2. The van der Waals surface area contributed by atoms with Crippen molar-refractivity contribution >= 4 is 29.1 Å². The van der Waals surface area contributed by atoms with Gasteiger partial charge in [-0.25, -0.2) is 4.79 Å². The molecule has 1 aliphatic heterocycles. The van der Waals surface area contributed by atoms with Crippen molar-refractivity contribution in [2.24, 2.45) is 4.99 Å². The Bertz CT molecular complexity index is 662. The number of hydrogen-bond acceptors (Lipinski definition) is 5. The molecular formula is C16H19ClF3N3O3. The van der Waals surface area contributed by atoms with E-state index >= 15 is 0 Å². The molecule has 0 saturated carbocycles. The number of hydrogen-bond donors (Lipinski definition) is 2. The van der Waals surface area contributed by atoms with Gasteiger partial charge in [0.1, 0.15) is 0 Å². The third-order valence-corrected chi connectivity index (χ3v) is 3.88. The second kappa shape index (κ2) is 9.09. The molecule has 0 unspecified atom stereocenters. The third kappa shape index (κ3) is 5.77. The average molecular weight is 394 g/mol. The maximum Gasteiger partial charge on any atom is 0.416 e. The van der Waals surface area contributed by atoms with E-state index in [-0.39, 0.29) is 35.8 Å². The van der Waals surface area contributed by atoms with Crippen LogP contribution in [0.5, 0.6) is 0 Å². The second-order valence-electron chi connectivity index (χ2n) is 5.49. The molecule has 6 nitrogen and oxygen atoms in total. The van der Waals surface area contributed by atoms with Gasteiger partial charge in [-0.05, 0) is 38.0 Å². The Morgan fingerprint density at radius 1 is 1.46 bits per heavy atom. The number of benzene rings is 1. The smallest absolute Gasteiger partial charge is 0.416 e. The van der Waals surface area contributed by atoms with Crippen molar-refractivity contribution in [3.8, 4) is 0 Å². The molecule has 0 spiro atoms. The molecule has 10 heteroatoms. The summed E-state index contributed by atoms with van der Waals surface area (Å²) in [7, 11) is 0. The highest BCUT2D eigenvalue weighted by atomic mass is 35.5. The molecule has 1 atom stereocenters. The van der Waals surface area contributed by atoms with Crippen LogP contribution >= 0.6 is 11.6 Å². The summed E-state index contributed by atoms with van der Waals surface area (Å²) in [6, 6.07) is 2.81. The predicted octanol–water partition coefficient (Wildman–Crippen LogP) is 3.42. The molecule has 1 aromatic carbocycles. The van der Waals surface area contributed by atoms with Gasteiger partial charge in [0.05, 0.1) is 35.5 Å². The fourth-order valence-electron chi connectivity index (χ4n) is 2.26. The van der Waals surface area contributed by atoms with E-state index in [1.165, 1.54) is 0 Å². The van der Waals surface area contributed by atoms with E-state index < -0.39 is 17.7 Å². The third-order valence-electron chi connectivity index (χ3n) is 3.56. The monoisotopic (exact) mass is 393 g/mol. The summed E-state index contributed by atoms with van der Waals surface area (Å²) < 4.78 is 48.8. The summed E-state index contributed by atoms with van der Waals surface area (Å²) in [6.45, 7) is 2.63. The zero-order valence-corrected chi connectivity index (χ0v) is 14.8. The highest BCUT2D eigenvalue weighted by Gasteiger charge is 2.31. The number of halogens is 4. The lowest BCUT2D eigenvalue weighted by Gasteiger charge is -2.15. The minimum atomic E-state index is -4.51. The summed E-state index contributed by atoms with van der Waals surface area (Å²) in [6.07, 6.45) is -2.87. The Morgan fingerprint density at radius 2 is 2.23 bits per heavy atom. The molecule has 2 N–H and O–H groups in total. The highest BCUT2D eigenvalue weighted by molar-refractivity contribution is 6.36. The Balaban J connectivity index is 2.10. The first-order valence-electron chi connectivity index (χ1n) is 8.03. The number of nitrogens with one attached hydrogen (secondary N) is 2. The fourth-order valence-corrected chi connectivity index (χ4v) is 2.42. The van der Waals surface area contributed by atoms with E-state index in [4.69, 9.17) is 21.1 Å². The molecule has 144 valence electrons. The van der Waals surface area contributed by atoms with Crippen molar-refractivity contribution < 1.29 is 27.4 Å². The summed E-state index contributed by atoms with van der Waals surface area (Å²) in [5.74, 6) is -0.906. The van der Waals surface area contributed by atoms with Gasteiger partial charge >= 0.3 is 12.1 Å². The van der Waals surface area contributed by atoms with E-state index in [0.717, 1.165) is 31.0 Å². The van der Waals surface area contributed by atoms with Gasteiger partial charge in [0, 0.05) is 6.61 Å². The first-order valence-corrected chi connectivity index (χ1v) is 8.41. The lowest BCUT2D eigenvalue weighted by molar-refractivity contribution is -0.137. The van der Waals surface area contributed by atoms with E-state index in [9.17, 15) is 18.0 Å². The average Bonchev–Trinajstić information content (AvgIpc) is 3.08. The van der Waals surface area contributed by atoms with Gasteiger partial charge in [-0.15, -0.1) is 0 Å². The fraction of sp³-hybridized carbons (Fsp3) is 0.500. The number of alkyl halides is 3. The van der Waals surface area contributed by atoms with Crippen molar-refractivity contribution in [3.63, 3.8) is 0 Å². The number of nitrogens with zero attached hydrogens (tertiary/aromatic N) is 1. The zero-order chi connectivity index (χ0) is 19.2. The normalized spacial score (nSPS) is 17.9. The second-order valence-corrected chi connectivity index (χ2v) is 5.89. The molecule has 0 aliphatic carbocycles. The Morgan fingerprint density at radius 3 is 2.85 bits per heavy atom. The minimum Gasteiger partial charge on any atom is -0.460 e. The number of carbonyl (C=O) groups is 1. The molecule has 1 saturated heterocycles. The lowest BCUT2D eigenvalue weighted by Crippen LogP contribution is -2.37. The number of amidine groups is 1. The molecular weight excluding hydrogens is 375 g/mol. The largest absolute Gasteiger partial charge is 0.460 e. The van der Waals surface area contributed by atoms with Crippen LogP contribution in [0.15, 0.2) is 23.2 Å². The molecule has 2 rings (SSSR count). The van der Waals surface area contributed by atoms with Crippen LogP contribution in [0.4, 0.5) is 18.9 Å². The quantitative estimate of drug-likeness (QED) is 0.347. The van der Waals surface area contributed by atoms with E-state index in [2.05, 4.69) is 15.8 Å². The molecule has 0 radical (unpaired) electrons. The SMILES string of the molecule is CCOC(=O)C(=NC[C@H]1CCCO1)NNc1cc(C(F)(F)F)ccc1Cl. The maximum atomic E-state index is 12.8. The summed E-state index contributed by atoms with van der Waals surface area (Å²) >= 11 is 5.91.